The number of rotatable bonds is 7. The van der Waals surface area contributed by atoms with Crippen molar-refractivity contribution in [3.63, 3.8) is 0 Å². The molecule has 1 fully saturated rings. The highest BCUT2D eigenvalue weighted by Gasteiger charge is 2.34. The minimum atomic E-state index is -3.38. The van der Waals surface area contributed by atoms with Crippen molar-refractivity contribution in [1.82, 2.24) is 9.62 Å². The summed E-state index contributed by atoms with van der Waals surface area (Å²) in [5, 5.41) is 2.85. The van der Waals surface area contributed by atoms with Crippen LogP contribution in [0, 0.1) is 5.92 Å². The second-order valence-electron chi connectivity index (χ2n) is 6.00. The molecule has 140 valence electrons. The first-order valence-electron chi connectivity index (χ1n) is 7.79. The Bertz CT molecular complexity index is 719. The fourth-order valence-electron chi connectivity index (χ4n) is 2.57. The molecule has 1 saturated heterocycles. The zero-order valence-corrected chi connectivity index (χ0v) is 15.6. The Kier molecular flexibility index (Phi) is 6.26. The van der Waals surface area contributed by atoms with Crippen molar-refractivity contribution in [3.8, 4) is 11.5 Å². The Hall–Kier alpha value is -1.84. The van der Waals surface area contributed by atoms with Crippen LogP contribution >= 0.6 is 0 Å². The quantitative estimate of drug-likeness (QED) is 0.742. The van der Waals surface area contributed by atoms with Gasteiger partial charge in [0.05, 0.1) is 44.8 Å². The van der Waals surface area contributed by atoms with Crippen LogP contribution in [-0.2, 0) is 14.8 Å². The van der Waals surface area contributed by atoms with Crippen LogP contribution in [0.4, 0.5) is 0 Å². The minimum Gasteiger partial charge on any atom is -0.497 e. The predicted octanol–water partition coefficient (Wildman–Crippen LogP) is 0.340. The molecule has 0 aliphatic carbocycles. The van der Waals surface area contributed by atoms with Crippen LogP contribution in [0.25, 0.3) is 0 Å². The van der Waals surface area contributed by atoms with Gasteiger partial charge in [-0.3, -0.25) is 4.79 Å². The fourth-order valence-corrected chi connectivity index (χ4v) is 3.74. The van der Waals surface area contributed by atoms with Crippen molar-refractivity contribution < 1.29 is 27.4 Å². The summed E-state index contributed by atoms with van der Waals surface area (Å²) in [5.74, 6) is 0.230. The Morgan fingerprint density at radius 3 is 2.60 bits per heavy atom. The summed E-state index contributed by atoms with van der Waals surface area (Å²) in [5.41, 5.74) is 0.351. The number of nitrogens with zero attached hydrogens (tertiary/aromatic N) is 1. The molecule has 0 unspecified atom stereocenters. The summed E-state index contributed by atoms with van der Waals surface area (Å²) in [6.07, 6.45) is 0. The van der Waals surface area contributed by atoms with E-state index in [1.54, 1.807) is 18.2 Å². The summed E-state index contributed by atoms with van der Waals surface area (Å²) in [6.45, 7) is 0.565. The summed E-state index contributed by atoms with van der Waals surface area (Å²) in [4.78, 5) is 12.6. The molecule has 0 aromatic heterocycles. The predicted molar refractivity (Wildman–Crippen MR) is 92.6 cm³/mol. The Morgan fingerprint density at radius 2 is 2.00 bits per heavy atom. The Morgan fingerprint density at radius 1 is 1.28 bits per heavy atom. The number of sulfonamides is 1. The molecule has 1 aliphatic rings. The molecule has 0 saturated carbocycles. The van der Waals surface area contributed by atoms with Gasteiger partial charge >= 0.3 is 0 Å². The standard InChI is InChI=1S/C16H24N2O6S/c1-18(2)25(20,21)10-11-8-24-9-14(11)17-16(19)13-6-5-12(22-3)7-15(13)23-4/h5-7,11,14H,8-10H2,1-4H3,(H,17,19)/t11-,14-/m0/s1. The number of carbonyl (C=O) groups excluding carboxylic acids is 1. The number of amides is 1. The lowest BCUT2D eigenvalue weighted by Gasteiger charge is -2.21. The van der Waals surface area contributed by atoms with Crippen LogP contribution in [0.5, 0.6) is 11.5 Å². The second kappa shape index (κ2) is 8.03. The van der Waals surface area contributed by atoms with Gasteiger partial charge in [-0.25, -0.2) is 12.7 Å². The molecular formula is C16H24N2O6S. The second-order valence-corrected chi connectivity index (χ2v) is 8.23. The van der Waals surface area contributed by atoms with Crippen LogP contribution in [0.15, 0.2) is 18.2 Å². The maximum absolute atomic E-state index is 12.6. The molecule has 1 aliphatic heterocycles. The zero-order chi connectivity index (χ0) is 18.6. The highest BCUT2D eigenvalue weighted by atomic mass is 32.2. The molecule has 9 heteroatoms. The maximum Gasteiger partial charge on any atom is 0.255 e. The molecule has 1 aromatic carbocycles. The smallest absolute Gasteiger partial charge is 0.255 e. The van der Waals surface area contributed by atoms with Gasteiger partial charge in [-0.05, 0) is 12.1 Å². The van der Waals surface area contributed by atoms with E-state index in [2.05, 4.69) is 5.32 Å². The van der Waals surface area contributed by atoms with Crippen molar-refractivity contribution in [2.24, 2.45) is 5.92 Å². The van der Waals surface area contributed by atoms with Crippen molar-refractivity contribution in [1.29, 1.82) is 0 Å². The van der Waals surface area contributed by atoms with E-state index in [1.807, 2.05) is 0 Å². The van der Waals surface area contributed by atoms with Gasteiger partial charge in [0, 0.05) is 26.1 Å². The largest absolute Gasteiger partial charge is 0.497 e. The minimum absolute atomic E-state index is 0.0787. The van der Waals surface area contributed by atoms with E-state index in [0.29, 0.717) is 17.1 Å². The van der Waals surface area contributed by atoms with E-state index >= 15 is 0 Å². The van der Waals surface area contributed by atoms with E-state index in [-0.39, 0.29) is 36.8 Å². The van der Waals surface area contributed by atoms with Crippen molar-refractivity contribution in [2.45, 2.75) is 6.04 Å². The molecule has 0 bridgehead atoms. The van der Waals surface area contributed by atoms with Gasteiger partial charge in [0.15, 0.2) is 0 Å². The number of hydrogen-bond acceptors (Lipinski definition) is 6. The molecule has 1 heterocycles. The van der Waals surface area contributed by atoms with Gasteiger partial charge in [-0.1, -0.05) is 0 Å². The van der Waals surface area contributed by atoms with E-state index in [1.165, 1.54) is 32.6 Å². The molecular weight excluding hydrogens is 348 g/mol. The molecule has 2 rings (SSSR count). The molecule has 0 radical (unpaired) electrons. The third kappa shape index (κ3) is 4.62. The van der Waals surface area contributed by atoms with Crippen molar-refractivity contribution >= 4 is 15.9 Å². The molecule has 0 spiro atoms. The van der Waals surface area contributed by atoms with E-state index in [0.717, 1.165) is 0 Å². The highest BCUT2D eigenvalue weighted by Crippen LogP contribution is 2.25. The number of hydrogen-bond donors (Lipinski definition) is 1. The number of carbonyl (C=O) groups is 1. The first-order chi connectivity index (χ1) is 11.8. The lowest BCUT2D eigenvalue weighted by atomic mass is 10.1. The third-order valence-electron chi connectivity index (χ3n) is 4.15. The zero-order valence-electron chi connectivity index (χ0n) is 14.8. The number of benzene rings is 1. The van der Waals surface area contributed by atoms with Gasteiger partial charge in [-0.15, -0.1) is 0 Å². The maximum atomic E-state index is 12.6. The summed E-state index contributed by atoms with van der Waals surface area (Å²) < 4.78 is 41.1. The molecule has 1 amide bonds. The topological polar surface area (TPSA) is 94.2 Å². The normalized spacial score (nSPS) is 20.5. The summed E-state index contributed by atoms with van der Waals surface area (Å²) in [7, 11) is 2.60. The first-order valence-corrected chi connectivity index (χ1v) is 9.40. The van der Waals surface area contributed by atoms with Crippen molar-refractivity contribution in [2.75, 3.05) is 47.3 Å². The average Bonchev–Trinajstić information content (AvgIpc) is 3.00. The van der Waals surface area contributed by atoms with Crippen LogP contribution in [0.3, 0.4) is 0 Å². The van der Waals surface area contributed by atoms with Gasteiger partial charge in [0.2, 0.25) is 10.0 Å². The fraction of sp³-hybridized carbons (Fsp3) is 0.562. The molecule has 2 atom stereocenters. The monoisotopic (exact) mass is 372 g/mol. The number of nitrogens with one attached hydrogen (secondary N) is 1. The van der Waals surface area contributed by atoms with Gasteiger partial charge in [0.1, 0.15) is 11.5 Å². The van der Waals surface area contributed by atoms with E-state index < -0.39 is 10.0 Å². The number of ether oxygens (including phenoxy) is 3. The lowest BCUT2D eigenvalue weighted by Crippen LogP contribution is -2.43. The molecule has 1 aromatic rings. The van der Waals surface area contributed by atoms with Gasteiger partial charge < -0.3 is 19.5 Å². The van der Waals surface area contributed by atoms with Gasteiger partial charge in [0.25, 0.3) is 5.91 Å². The Labute approximate surface area is 148 Å². The molecule has 25 heavy (non-hydrogen) atoms. The Balaban J connectivity index is 2.12. The highest BCUT2D eigenvalue weighted by molar-refractivity contribution is 7.89. The van der Waals surface area contributed by atoms with Crippen LogP contribution < -0.4 is 14.8 Å². The average molecular weight is 372 g/mol. The van der Waals surface area contributed by atoms with Crippen LogP contribution in [0.2, 0.25) is 0 Å². The third-order valence-corrected chi connectivity index (χ3v) is 6.11. The molecule has 8 nitrogen and oxygen atoms in total. The first kappa shape index (κ1) is 19.5. The molecule has 1 N–H and O–H groups in total. The van der Waals surface area contributed by atoms with E-state index in [4.69, 9.17) is 14.2 Å². The van der Waals surface area contributed by atoms with Crippen LogP contribution in [0.1, 0.15) is 10.4 Å². The van der Waals surface area contributed by atoms with Gasteiger partial charge in [-0.2, -0.15) is 0 Å². The van der Waals surface area contributed by atoms with Crippen LogP contribution in [-0.4, -0.2) is 72.0 Å². The lowest BCUT2D eigenvalue weighted by molar-refractivity contribution is 0.0923. The number of methoxy groups -OCH3 is 2. The SMILES string of the molecule is COc1ccc(C(=O)N[C@H]2COC[C@H]2CS(=O)(=O)N(C)C)c(OC)c1. The van der Waals surface area contributed by atoms with E-state index in [9.17, 15) is 13.2 Å². The van der Waals surface area contributed by atoms with Crippen molar-refractivity contribution in [3.05, 3.63) is 23.8 Å². The summed E-state index contributed by atoms with van der Waals surface area (Å²) >= 11 is 0. The summed E-state index contributed by atoms with van der Waals surface area (Å²) in [6, 6.07) is 4.51.